The normalized spacial score (nSPS) is 12.1. The van der Waals surface area contributed by atoms with Gasteiger partial charge in [0, 0.05) is 19.3 Å². The summed E-state index contributed by atoms with van der Waals surface area (Å²) in [5.41, 5.74) is 0. The zero-order valence-electron chi connectivity index (χ0n) is 53.7. The summed E-state index contributed by atoms with van der Waals surface area (Å²) in [6.45, 7) is 6.70. The topological polar surface area (TPSA) is 78.9 Å². The molecule has 0 aromatic rings. The molecule has 0 amide bonds. The summed E-state index contributed by atoms with van der Waals surface area (Å²) in [5, 5.41) is 0. The van der Waals surface area contributed by atoms with Crippen LogP contribution in [0.4, 0.5) is 0 Å². The SMILES string of the molecule is CCCCCCC/C=C\CCCCCCCC(=O)OCC(COC(=O)CCCCCCCCCCCCCCCCCCCCCCCCCCCC)OC(=O)CCCCCCCCCCC/C=C\CCCCCCCCCC. The minimum Gasteiger partial charge on any atom is -0.462 e. The molecule has 0 radical (unpaired) electrons. The van der Waals surface area contributed by atoms with Gasteiger partial charge >= 0.3 is 17.9 Å². The maximum absolute atomic E-state index is 12.9. The summed E-state index contributed by atoms with van der Waals surface area (Å²) in [7, 11) is 0. The van der Waals surface area contributed by atoms with Gasteiger partial charge < -0.3 is 14.2 Å². The van der Waals surface area contributed by atoms with Crippen molar-refractivity contribution >= 4 is 17.9 Å². The lowest BCUT2D eigenvalue weighted by atomic mass is 10.0. The van der Waals surface area contributed by atoms with Crippen LogP contribution in [-0.4, -0.2) is 37.2 Å². The zero-order chi connectivity index (χ0) is 57.1. The van der Waals surface area contributed by atoms with Crippen LogP contribution in [0.2, 0.25) is 0 Å². The van der Waals surface area contributed by atoms with Gasteiger partial charge in [0.05, 0.1) is 0 Å². The van der Waals surface area contributed by atoms with Gasteiger partial charge in [-0.2, -0.15) is 0 Å². The molecule has 1 atom stereocenters. The van der Waals surface area contributed by atoms with Crippen LogP contribution in [0.15, 0.2) is 24.3 Å². The van der Waals surface area contributed by atoms with E-state index in [2.05, 4.69) is 45.1 Å². The third-order valence-corrected chi connectivity index (χ3v) is 16.4. The Morgan fingerprint density at radius 3 is 0.633 bits per heavy atom. The minimum atomic E-state index is -0.774. The van der Waals surface area contributed by atoms with Gasteiger partial charge in [0.15, 0.2) is 6.10 Å². The standard InChI is InChI=1S/C73H138O6/c1-4-7-10-13-16-19-22-25-28-30-32-34-35-36-37-38-40-41-43-45-48-51-54-57-60-63-66-72(75)78-69-70(68-77-71(74)65-62-59-56-53-50-47-27-24-21-18-15-12-9-6-3)79-73(76)67-64-61-58-55-52-49-46-44-42-39-33-31-29-26-23-20-17-14-11-8-5-2/h24,27,31,33,70H,4-23,25-26,28-30,32,34-69H2,1-3H3/b27-24-,33-31-. The fraction of sp³-hybridized carbons (Fsp3) is 0.904. The van der Waals surface area contributed by atoms with E-state index in [1.54, 1.807) is 0 Å². The van der Waals surface area contributed by atoms with E-state index in [1.807, 2.05) is 0 Å². The van der Waals surface area contributed by atoms with Crippen LogP contribution in [0.25, 0.3) is 0 Å². The Kier molecular flexibility index (Phi) is 66.6. The van der Waals surface area contributed by atoms with Crippen molar-refractivity contribution in [3.8, 4) is 0 Å². The quantitative estimate of drug-likeness (QED) is 0.0261. The maximum atomic E-state index is 12.9. The van der Waals surface area contributed by atoms with Crippen LogP contribution in [0.5, 0.6) is 0 Å². The second-order valence-corrected chi connectivity index (χ2v) is 24.5. The monoisotopic (exact) mass is 1110 g/mol. The lowest BCUT2D eigenvalue weighted by Gasteiger charge is -2.18. The largest absolute Gasteiger partial charge is 0.462 e. The second kappa shape index (κ2) is 68.4. The van der Waals surface area contributed by atoms with Crippen LogP contribution < -0.4 is 0 Å². The van der Waals surface area contributed by atoms with Crippen LogP contribution >= 0.6 is 0 Å². The average Bonchev–Trinajstić information content (AvgIpc) is 3.45. The summed E-state index contributed by atoms with van der Waals surface area (Å²) >= 11 is 0. The third kappa shape index (κ3) is 66.6. The molecule has 0 saturated carbocycles. The smallest absolute Gasteiger partial charge is 0.306 e. The number of allylic oxidation sites excluding steroid dienone is 4. The molecular formula is C73H138O6. The van der Waals surface area contributed by atoms with Crippen molar-refractivity contribution in [2.24, 2.45) is 0 Å². The molecule has 0 fully saturated rings. The summed E-state index contributed by atoms with van der Waals surface area (Å²) in [4.78, 5) is 38.4. The fourth-order valence-corrected chi connectivity index (χ4v) is 11.0. The van der Waals surface area contributed by atoms with Gasteiger partial charge in [0.25, 0.3) is 0 Å². The zero-order valence-corrected chi connectivity index (χ0v) is 53.7. The molecule has 6 heteroatoms. The predicted octanol–water partition coefficient (Wildman–Crippen LogP) is 24.6. The molecule has 0 aliphatic carbocycles. The van der Waals surface area contributed by atoms with Gasteiger partial charge in [-0.1, -0.05) is 340 Å². The molecule has 0 aromatic heterocycles. The van der Waals surface area contributed by atoms with Crippen molar-refractivity contribution in [1.82, 2.24) is 0 Å². The van der Waals surface area contributed by atoms with E-state index in [-0.39, 0.29) is 31.1 Å². The van der Waals surface area contributed by atoms with Crippen molar-refractivity contribution < 1.29 is 28.6 Å². The molecule has 0 spiro atoms. The second-order valence-electron chi connectivity index (χ2n) is 24.5. The van der Waals surface area contributed by atoms with Gasteiger partial charge in [0.1, 0.15) is 13.2 Å². The summed E-state index contributed by atoms with van der Waals surface area (Å²) in [6.07, 6.45) is 83.6. The number of esters is 3. The van der Waals surface area contributed by atoms with Gasteiger partial charge in [-0.15, -0.1) is 0 Å². The Morgan fingerprint density at radius 2 is 0.418 bits per heavy atom. The highest BCUT2D eigenvalue weighted by molar-refractivity contribution is 5.71. The van der Waals surface area contributed by atoms with E-state index >= 15 is 0 Å². The highest BCUT2D eigenvalue weighted by Gasteiger charge is 2.19. The molecule has 0 bridgehead atoms. The van der Waals surface area contributed by atoms with Crippen molar-refractivity contribution in [3.05, 3.63) is 24.3 Å². The van der Waals surface area contributed by atoms with Crippen LogP contribution in [0.1, 0.15) is 406 Å². The first kappa shape index (κ1) is 76.9. The molecular weight excluding hydrogens is 973 g/mol. The van der Waals surface area contributed by atoms with Crippen LogP contribution in [0, 0.1) is 0 Å². The van der Waals surface area contributed by atoms with E-state index in [4.69, 9.17) is 14.2 Å². The highest BCUT2D eigenvalue weighted by atomic mass is 16.6. The number of carbonyl (C=O) groups excluding carboxylic acids is 3. The third-order valence-electron chi connectivity index (χ3n) is 16.4. The lowest BCUT2D eigenvalue weighted by molar-refractivity contribution is -0.167. The summed E-state index contributed by atoms with van der Waals surface area (Å²) in [5.74, 6) is -0.849. The van der Waals surface area contributed by atoms with E-state index in [0.29, 0.717) is 19.3 Å². The molecule has 1 unspecified atom stereocenters. The molecule has 466 valence electrons. The average molecular weight is 1110 g/mol. The maximum Gasteiger partial charge on any atom is 0.306 e. The number of unbranched alkanes of at least 4 members (excludes halogenated alkanes) is 52. The van der Waals surface area contributed by atoms with Gasteiger partial charge in [-0.05, 0) is 70.6 Å². The van der Waals surface area contributed by atoms with Gasteiger partial charge in [-0.25, -0.2) is 0 Å². The van der Waals surface area contributed by atoms with Crippen molar-refractivity contribution in [2.75, 3.05) is 13.2 Å². The van der Waals surface area contributed by atoms with Gasteiger partial charge in [0.2, 0.25) is 0 Å². The van der Waals surface area contributed by atoms with E-state index in [0.717, 1.165) is 64.2 Å². The molecule has 0 rings (SSSR count). The van der Waals surface area contributed by atoms with Crippen LogP contribution in [-0.2, 0) is 28.6 Å². The molecule has 6 nitrogen and oxygen atoms in total. The minimum absolute atomic E-state index is 0.0692. The molecule has 79 heavy (non-hydrogen) atoms. The van der Waals surface area contributed by atoms with Crippen molar-refractivity contribution in [3.63, 3.8) is 0 Å². The summed E-state index contributed by atoms with van der Waals surface area (Å²) < 4.78 is 17.0. The first-order valence-electron chi connectivity index (χ1n) is 35.8. The Labute approximate surface area is 493 Å². The molecule has 0 aromatic carbocycles. The van der Waals surface area contributed by atoms with E-state index in [9.17, 15) is 14.4 Å². The number of carbonyl (C=O) groups is 3. The Bertz CT molecular complexity index is 1270. The Morgan fingerprint density at radius 1 is 0.241 bits per heavy atom. The molecule has 0 aliphatic heterocycles. The molecule has 0 heterocycles. The predicted molar refractivity (Wildman–Crippen MR) is 344 cm³/mol. The number of rotatable bonds is 67. The number of hydrogen-bond acceptors (Lipinski definition) is 6. The Balaban J connectivity index is 4.23. The van der Waals surface area contributed by atoms with Crippen molar-refractivity contribution in [2.45, 2.75) is 412 Å². The highest BCUT2D eigenvalue weighted by Crippen LogP contribution is 2.19. The van der Waals surface area contributed by atoms with E-state index in [1.165, 1.54) is 302 Å². The van der Waals surface area contributed by atoms with Gasteiger partial charge in [-0.3, -0.25) is 14.4 Å². The fourth-order valence-electron chi connectivity index (χ4n) is 11.0. The first-order valence-corrected chi connectivity index (χ1v) is 35.8. The number of hydrogen-bond donors (Lipinski definition) is 0. The van der Waals surface area contributed by atoms with Crippen LogP contribution in [0.3, 0.4) is 0 Å². The first-order chi connectivity index (χ1) is 39.0. The lowest BCUT2D eigenvalue weighted by Crippen LogP contribution is -2.30. The molecule has 0 saturated heterocycles. The van der Waals surface area contributed by atoms with Crippen molar-refractivity contribution in [1.29, 1.82) is 0 Å². The molecule has 0 aliphatic rings. The number of ether oxygens (including phenoxy) is 3. The van der Waals surface area contributed by atoms with E-state index < -0.39 is 6.10 Å². The summed E-state index contributed by atoms with van der Waals surface area (Å²) in [6, 6.07) is 0. The Hall–Kier alpha value is -2.11. The molecule has 0 N–H and O–H groups in total.